The molecule has 0 bridgehead atoms. The van der Waals surface area contributed by atoms with Crippen LogP contribution in [0.5, 0.6) is 40.2 Å². The molecule has 0 radical (unpaired) electrons. The van der Waals surface area contributed by atoms with Gasteiger partial charge in [0.1, 0.15) is 16.9 Å². The van der Waals surface area contributed by atoms with Crippen LogP contribution >= 0.6 is 0 Å². The van der Waals surface area contributed by atoms with Crippen molar-refractivity contribution in [1.29, 1.82) is 0 Å². The number of aliphatic hydroxyl groups is 1. The lowest BCUT2D eigenvalue weighted by atomic mass is 10.0. The largest absolute Gasteiger partial charge is 0.507 e. The van der Waals surface area contributed by atoms with E-state index in [9.17, 15) is 30.3 Å². The molecule has 3 aromatic carbocycles. The van der Waals surface area contributed by atoms with Gasteiger partial charge in [0.2, 0.25) is 5.75 Å². The number of phenols is 4. The van der Waals surface area contributed by atoms with Gasteiger partial charge in [0.15, 0.2) is 52.0 Å². The van der Waals surface area contributed by atoms with Crippen molar-refractivity contribution in [3.8, 4) is 51.6 Å². The Morgan fingerprint density at radius 1 is 0.886 bits per heavy atom. The van der Waals surface area contributed by atoms with Gasteiger partial charge in [-0.25, -0.2) is 0 Å². The summed E-state index contributed by atoms with van der Waals surface area (Å²) in [5, 5.41) is 49.8. The summed E-state index contributed by atoms with van der Waals surface area (Å²) >= 11 is 0. The van der Waals surface area contributed by atoms with Crippen molar-refractivity contribution in [2.24, 2.45) is 0 Å². The molecule has 0 amide bonds. The zero-order chi connectivity index (χ0) is 24.9. The lowest BCUT2D eigenvalue weighted by molar-refractivity contribution is -0.0119. The molecular weight excluding hydrogens is 460 g/mol. The van der Waals surface area contributed by atoms with E-state index in [0.29, 0.717) is 11.1 Å². The first-order valence-corrected chi connectivity index (χ1v) is 10.5. The number of aliphatic hydroxyl groups excluding tert-OH is 1. The monoisotopic (exact) mass is 480 g/mol. The van der Waals surface area contributed by atoms with Crippen LogP contribution in [0, 0.1) is 0 Å². The van der Waals surface area contributed by atoms with E-state index < -0.39 is 35.7 Å². The third-order valence-corrected chi connectivity index (χ3v) is 5.73. The fourth-order valence-electron chi connectivity index (χ4n) is 4.00. The quantitative estimate of drug-likeness (QED) is 0.275. The minimum absolute atomic E-state index is 0.000735. The number of rotatable bonds is 4. The number of hydrogen-bond acceptors (Lipinski definition) is 10. The number of methoxy groups -OCH3 is 1. The van der Waals surface area contributed by atoms with Crippen molar-refractivity contribution < 1.29 is 44.2 Å². The highest BCUT2D eigenvalue weighted by Crippen LogP contribution is 2.48. The normalized spacial score (nSPS) is 16.9. The molecule has 10 nitrogen and oxygen atoms in total. The maximum Gasteiger partial charge on any atom is 0.205 e. The summed E-state index contributed by atoms with van der Waals surface area (Å²) in [7, 11) is 1.40. The van der Waals surface area contributed by atoms with Gasteiger partial charge in [-0.3, -0.25) is 4.79 Å². The highest BCUT2D eigenvalue weighted by atomic mass is 16.6. The topological polar surface area (TPSA) is 159 Å². The van der Waals surface area contributed by atoms with Gasteiger partial charge in [-0.05, 0) is 30.3 Å². The molecule has 35 heavy (non-hydrogen) atoms. The van der Waals surface area contributed by atoms with Gasteiger partial charge in [0.05, 0.1) is 13.7 Å². The van der Waals surface area contributed by atoms with Crippen LogP contribution in [-0.2, 0) is 0 Å². The van der Waals surface area contributed by atoms with E-state index in [1.807, 2.05) is 0 Å². The highest BCUT2D eigenvalue weighted by molar-refractivity contribution is 5.92. The van der Waals surface area contributed by atoms with Crippen molar-refractivity contribution in [3.05, 3.63) is 64.3 Å². The number of ether oxygens (including phenoxy) is 3. The Morgan fingerprint density at radius 2 is 1.66 bits per heavy atom. The Morgan fingerprint density at radius 3 is 2.37 bits per heavy atom. The molecular formula is C25H20O10. The summed E-state index contributed by atoms with van der Waals surface area (Å²) in [5.74, 6) is -0.927. The van der Waals surface area contributed by atoms with E-state index in [0.717, 1.165) is 6.07 Å². The van der Waals surface area contributed by atoms with Crippen LogP contribution in [0.4, 0.5) is 0 Å². The highest BCUT2D eigenvalue weighted by Gasteiger charge is 2.36. The second kappa shape index (κ2) is 8.33. The van der Waals surface area contributed by atoms with Crippen molar-refractivity contribution in [3.63, 3.8) is 0 Å². The summed E-state index contributed by atoms with van der Waals surface area (Å²) in [4.78, 5) is 12.9. The van der Waals surface area contributed by atoms with E-state index in [4.69, 9.17) is 18.6 Å². The fourth-order valence-corrected chi connectivity index (χ4v) is 4.00. The Bertz CT molecular complexity index is 1510. The zero-order valence-corrected chi connectivity index (χ0v) is 18.3. The van der Waals surface area contributed by atoms with Crippen molar-refractivity contribution in [1.82, 2.24) is 0 Å². The number of aromatic hydroxyl groups is 4. The summed E-state index contributed by atoms with van der Waals surface area (Å²) in [6, 6.07) is 10.8. The minimum atomic E-state index is -0.934. The van der Waals surface area contributed by atoms with Crippen LogP contribution < -0.4 is 19.6 Å². The molecule has 1 aliphatic rings. The summed E-state index contributed by atoms with van der Waals surface area (Å²) in [6.45, 7) is -0.467. The predicted molar refractivity (Wildman–Crippen MR) is 122 cm³/mol. The second-order valence-corrected chi connectivity index (χ2v) is 7.91. The second-order valence-electron chi connectivity index (χ2n) is 7.91. The molecule has 0 saturated carbocycles. The van der Waals surface area contributed by atoms with Gasteiger partial charge in [-0.1, -0.05) is 6.07 Å². The molecule has 2 atom stereocenters. The smallest absolute Gasteiger partial charge is 0.205 e. The number of benzene rings is 3. The number of fused-ring (bicyclic) bond motifs is 3. The van der Waals surface area contributed by atoms with Crippen LogP contribution in [0.15, 0.2) is 57.7 Å². The van der Waals surface area contributed by atoms with E-state index in [1.54, 1.807) is 6.07 Å². The van der Waals surface area contributed by atoms with Crippen LogP contribution in [0.3, 0.4) is 0 Å². The third kappa shape index (κ3) is 3.69. The summed E-state index contributed by atoms with van der Waals surface area (Å²) < 4.78 is 23.1. The van der Waals surface area contributed by atoms with Crippen LogP contribution in [0.1, 0.15) is 11.7 Å². The van der Waals surface area contributed by atoms with Crippen molar-refractivity contribution in [2.45, 2.75) is 12.2 Å². The zero-order valence-electron chi connectivity index (χ0n) is 18.3. The minimum Gasteiger partial charge on any atom is -0.507 e. The van der Waals surface area contributed by atoms with Gasteiger partial charge in [-0.15, -0.1) is 0 Å². The molecule has 0 saturated heterocycles. The molecule has 0 spiro atoms. The number of phenolic OH excluding ortho intramolecular Hbond substituents is 4. The molecule has 2 heterocycles. The Hall–Kier alpha value is -4.57. The van der Waals surface area contributed by atoms with Crippen molar-refractivity contribution >= 4 is 11.0 Å². The molecule has 180 valence electrons. The number of hydrogen-bond donors (Lipinski definition) is 5. The van der Waals surface area contributed by atoms with Crippen LogP contribution in [-0.4, -0.2) is 45.4 Å². The van der Waals surface area contributed by atoms with E-state index >= 15 is 0 Å². The van der Waals surface area contributed by atoms with Gasteiger partial charge < -0.3 is 44.2 Å². The average Bonchev–Trinajstić information content (AvgIpc) is 2.85. The first-order valence-electron chi connectivity index (χ1n) is 10.5. The van der Waals surface area contributed by atoms with Gasteiger partial charge >= 0.3 is 0 Å². The lowest BCUT2D eigenvalue weighted by Crippen LogP contribution is -2.36. The van der Waals surface area contributed by atoms with Gasteiger partial charge in [0.25, 0.3) is 0 Å². The first-order chi connectivity index (χ1) is 16.8. The van der Waals surface area contributed by atoms with Crippen molar-refractivity contribution in [2.75, 3.05) is 13.7 Å². The Labute approximate surface area is 197 Å². The van der Waals surface area contributed by atoms with E-state index in [-0.39, 0.29) is 45.5 Å². The third-order valence-electron chi connectivity index (χ3n) is 5.73. The molecule has 4 aromatic rings. The van der Waals surface area contributed by atoms with Gasteiger partial charge in [-0.2, -0.15) is 0 Å². The predicted octanol–water partition coefficient (Wildman–Crippen LogP) is 3.16. The molecule has 0 aliphatic carbocycles. The molecule has 10 heteroatoms. The average molecular weight is 480 g/mol. The fraction of sp³-hybridized carbons (Fsp3) is 0.160. The maximum atomic E-state index is 12.9. The Kier molecular flexibility index (Phi) is 5.29. The molecule has 5 rings (SSSR count). The molecule has 0 unspecified atom stereocenters. The standard InChI is InChI=1S/C25H20O10/c1-32-19-7-12(3-5-14(19)28)23-21(10-26)35-24-20(34-23)9-17(31)22-16(30)8-18(33-25(22)24)11-2-4-13(27)15(29)6-11/h2-9,21,23,26-29,31H,10H2,1H3/t21-,23-/m0/s1. The van der Waals surface area contributed by atoms with Crippen LogP contribution in [0.25, 0.3) is 22.3 Å². The van der Waals surface area contributed by atoms with Crippen LogP contribution in [0.2, 0.25) is 0 Å². The molecule has 0 fully saturated rings. The SMILES string of the molecule is COc1cc([C@@H]2Oc3cc(O)c4c(=O)cc(-c5ccc(O)c(O)c5)oc4c3O[C@H]2CO)ccc1O. The first kappa shape index (κ1) is 22.2. The molecule has 5 N–H and O–H groups in total. The van der Waals surface area contributed by atoms with E-state index in [2.05, 4.69) is 0 Å². The van der Waals surface area contributed by atoms with E-state index in [1.165, 1.54) is 43.5 Å². The van der Waals surface area contributed by atoms with Gasteiger partial charge in [0, 0.05) is 23.3 Å². The Balaban J connectivity index is 1.66. The summed E-state index contributed by atoms with van der Waals surface area (Å²) in [6.07, 6.45) is -1.78. The summed E-state index contributed by atoms with van der Waals surface area (Å²) in [5.41, 5.74) is 0.124. The lowest BCUT2D eigenvalue weighted by Gasteiger charge is -2.33. The molecule has 1 aliphatic heterocycles. The molecule has 1 aromatic heterocycles. The maximum absolute atomic E-state index is 12.9.